The Balaban J connectivity index is 1.77. The molecular weight excluding hydrogens is 472 g/mol. The Bertz CT molecular complexity index is 1770. The number of sulfonamides is 1. The van der Waals surface area contributed by atoms with Crippen molar-refractivity contribution in [3.8, 4) is 22.6 Å². The van der Waals surface area contributed by atoms with Gasteiger partial charge in [0, 0.05) is 33.5 Å². The van der Waals surface area contributed by atoms with Crippen molar-refractivity contribution in [2.24, 2.45) is 0 Å². The second-order valence-electron chi connectivity index (χ2n) is 8.49. The van der Waals surface area contributed by atoms with Crippen molar-refractivity contribution in [1.82, 2.24) is 4.98 Å². The molecule has 0 spiro atoms. The highest BCUT2D eigenvalue weighted by molar-refractivity contribution is 7.93. The molecule has 6 nitrogen and oxygen atoms in total. The number of nitrogens with one attached hydrogen (secondary N) is 1. The molecular formula is C29H24N2O4S. The number of phenolic OH excluding ortho intramolecular Hbond substituents is 2. The third-order valence-electron chi connectivity index (χ3n) is 6.19. The van der Waals surface area contributed by atoms with Gasteiger partial charge in [0.05, 0.1) is 11.2 Å². The van der Waals surface area contributed by atoms with Gasteiger partial charge in [0.25, 0.3) is 10.0 Å². The van der Waals surface area contributed by atoms with Crippen molar-refractivity contribution in [3.63, 3.8) is 0 Å². The molecule has 4 aromatic carbocycles. The largest absolute Gasteiger partial charge is 0.507 e. The fourth-order valence-corrected chi connectivity index (χ4v) is 5.76. The Kier molecular flexibility index (Phi) is 5.86. The molecule has 1 aromatic heterocycles. The first-order valence-corrected chi connectivity index (χ1v) is 12.9. The van der Waals surface area contributed by atoms with Gasteiger partial charge in [-0.3, -0.25) is 9.71 Å². The number of aryl methyl sites for hydroxylation is 1. The summed E-state index contributed by atoms with van der Waals surface area (Å²) in [6.07, 6.45) is 5.25. The molecule has 5 rings (SSSR count). The average Bonchev–Trinajstić information content (AvgIpc) is 2.88. The molecule has 3 N–H and O–H groups in total. The predicted octanol–water partition coefficient (Wildman–Crippen LogP) is 6.61. The number of allylic oxidation sites excluding steroid dienone is 1. The van der Waals surface area contributed by atoms with Gasteiger partial charge in [-0.2, -0.15) is 0 Å². The van der Waals surface area contributed by atoms with Crippen molar-refractivity contribution in [2.45, 2.75) is 18.7 Å². The summed E-state index contributed by atoms with van der Waals surface area (Å²) in [5.41, 5.74) is 3.01. The van der Waals surface area contributed by atoms with Crippen molar-refractivity contribution >= 4 is 43.5 Å². The maximum atomic E-state index is 13.6. The summed E-state index contributed by atoms with van der Waals surface area (Å²) >= 11 is 0. The number of para-hydroxylation sites is 1. The van der Waals surface area contributed by atoms with Gasteiger partial charge in [-0.25, -0.2) is 8.42 Å². The SMILES string of the molecule is C/C=C\c1c(C)ccc(O)c1-c1cc(NS(=O)(=O)c2cccc3cccnc23)c2ccccc2c1O. The Hall–Kier alpha value is -4.36. The molecule has 0 amide bonds. The number of hydrogen-bond acceptors (Lipinski definition) is 5. The normalized spacial score (nSPS) is 11.9. The number of pyridine rings is 1. The molecule has 180 valence electrons. The van der Waals surface area contributed by atoms with Crippen LogP contribution in [0, 0.1) is 6.92 Å². The number of anilines is 1. The molecule has 1 heterocycles. The van der Waals surface area contributed by atoms with E-state index in [0.717, 1.165) is 11.1 Å². The van der Waals surface area contributed by atoms with Crippen LogP contribution in [0.4, 0.5) is 5.69 Å². The van der Waals surface area contributed by atoms with Crippen LogP contribution in [0.25, 0.3) is 38.9 Å². The maximum Gasteiger partial charge on any atom is 0.264 e. The van der Waals surface area contributed by atoms with Crippen molar-refractivity contribution in [3.05, 3.63) is 96.2 Å². The van der Waals surface area contributed by atoms with Crippen LogP contribution < -0.4 is 4.72 Å². The van der Waals surface area contributed by atoms with Crippen molar-refractivity contribution < 1.29 is 18.6 Å². The smallest absolute Gasteiger partial charge is 0.264 e. The Morgan fingerprint density at radius 2 is 1.67 bits per heavy atom. The number of aromatic hydroxyl groups is 2. The predicted molar refractivity (Wildman–Crippen MR) is 145 cm³/mol. The lowest BCUT2D eigenvalue weighted by Crippen LogP contribution is -2.14. The molecule has 0 saturated heterocycles. The van der Waals surface area contributed by atoms with Crippen LogP contribution in [0.3, 0.4) is 0 Å². The molecule has 0 fully saturated rings. The fraction of sp³-hybridized carbons (Fsp3) is 0.0690. The van der Waals surface area contributed by atoms with E-state index in [0.29, 0.717) is 32.8 Å². The zero-order valence-electron chi connectivity index (χ0n) is 19.7. The highest BCUT2D eigenvalue weighted by Gasteiger charge is 2.23. The summed E-state index contributed by atoms with van der Waals surface area (Å²) in [5.74, 6) is -0.0710. The van der Waals surface area contributed by atoms with E-state index < -0.39 is 10.0 Å². The summed E-state index contributed by atoms with van der Waals surface area (Å²) in [5, 5.41) is 23.8. The number of nitrogens with zero attached hydrogens (tertiary/aromatic N) is 1. The molecule has 0 atom stereocenters. The Labute approximate surface area is 209 Å². The van der Waals surface area contributed by atoms with Gasteiger partial charge in [-0.15, -0.1) is 0 Å². The van der Waals surface area contributed by atoms with Gasteiger partial charge < -0.3 is 10.2 Å². The number of phenols is 2. The van der Waals surface area contributed by atoms with Gasteiger partial charge in [-0.1, -0.05) is 60.7 Å². The average molecular weight is 497 g/mol. The maximum absolute atomic E-state index is 13.6. The minimum Gasteiger partial charge on any atom is -0.507 e. The highest BCUT2D eigenvalue weighted by atomic mass is 32.2. The number of benzene rings is 4. The molecule has 0 aliphatic carbocycles. The second kappa shape index (κ2) is 9.02. The van der Waals surface area contributed by atoms with Gasteiger partial charge in [0.15, 0.2) is 0 Å². The van der Waals surface area contributed by atoms with E-state index in [1.54, 1.807) is 72.9 Å². The van der Waals surface area contributed by atoms with Gasteiger partial charge in [0.2, 0.25) is 0 Å². The van der Waals surface area contributed by atoms with Crippen LogP contribution in [0.1, 0.15) is 18.1 Å². The zero-order valence-corrected chi connectivity index (χ0v) is 20.5. The Morgan fingerprint density at radius 1 is 0.917 bits per heavy atom. The molecule has 0 aliphatic rings. The molecule has 7 heteroatoms. The van der Waals surface area contributed by atoms with Crippen LogP contribution in [0.2, 0.25) is 0 Å². The monoisotopic (exact) mass is 496 g/mol. The molecule has 36 heavy (non-hydrogen) atoms. The minimum atomic E-state index is -4.05. The molecule has 0 radical (unpaired) electrons. The van der Waals surface area contributed by atoms with Crippen LogP contribution in [0.15, 0.2) is 90.0 Å². The highest BCUT2D eigenvalue weighted by Crippen LogP contribution is 2.46. The lowest BCUT2D eigenvalue weighted by molar-refractivity contribution is 0.471. The standard InChI is InChI=1S/C29H24N2O4S/c1-3-8-20-18(2)14-15-25(32)27(20)23-17-24(21-11-4-5-12-22(21)29(23)33)31-36(34,35)26-13-6-9-19-10-7-16-30-28(19)26/h3-17,31-33H,1-2H3/b8-3-. The number of hydrogen-bond donors (Lipinski definition) is 3. The van der Waals surface area contributed by atoms with E-state index in [-0.39, 0.29) is 22.1 Å². The minimum absolute atomic E-state index is 0.0219. The number of fused-ring (bicyclic) bond motifs is 2. The fourth-order valence-electron chi connectivity index (χ4n) is 4.50. The summed E-state index contributed by atoms with van der Waals surface area (Å²) in [7, 11) is -4.05. The third-order valence-corrected chi connectivity index (χ3v) is 7.59. The topological polar surface area (TPSA) is 99.5 Å². The first-order chi connectivity index (χ1) is 17.3. The lowest BCUT2D eigenvalue weighted by Gasteiger charge is -2.18. The van der Waals surface area contributed by atoms with Gasteiger partial charge in [0.1, 0.15) is 16.4 Å². The lowest BCUT2D eigenvalue weighted by atomic mass is 9.91. The third kappa shape index (κ3) is 3.93. The number of aromatic nitrogens is 1. The number of rotatable bonds is 5. The van der Waals surface area contributed by atoms with Crippen LogP contribution >= 0.6 is 0 Å². The molecule has 5 aromatic rings. The van der Waals surface area contributed by atoms with Crippen LogP contribution in [-0.2, 0) is 10.0 Å². The van der Waals surface area contributed by atoms with Crippen LogP contribution in [-0.4, -0.2) is 23.6 Å². The summed E-state index contributed by atoms with van der Waals surface area (Å²) in [6, 6.07) is 20.5. The quantitative estimate of drug-likeness (QED) is 0.238. The first-order valence-electron chi connectivity index (χ1n) is 11.4. The summed E-state index contributed by atoms with van der Waals surface area (Å²) in [6.45, 7) is 3.78. The van der Waals surface area contributed by atoms with Gasteiger partial charge in [-0.05, 0) is 49.2 Å². The zero-order chi connectivity index (χ0) is 25.4. The van der Waals surface area contributed by atoms with E-state index in [1.165, 1.54) is 6.07 Å². The second-order valence-corrected chi connectivity index (χ2v) is 10.1. The van der Waals surface area contributed by atoms with Crippen molar-refractivity contribution in [1.29, 1.82) is 0 Å². The van der Waals surface area contributed by atoms with E-state index in [4.69, 9.17) is 0 Å². The van der Waals surface area contributed by atoms with E-state index in [1.807, 2.05) is 26.0 Å². The van der Waals surface area contributed by atoms with E-state index >= 15 is 0 Å². The van der Waals surface area contributed by atoms with E-state index in [2.05, 4.69) is 9.71 Å². The molecule has 0 bridgehead atoms. The molecule has 0 unspecified atom stereocenters. The molecule has 0 aliphatic heterocycles. The molecule has 0 saturated carbocycles. The van der Waals surface area contributed by atoms with E-state index in [9.17, 15) is 18.6 Å². The Morgan fingerprint density at radius 3 is 2.44 bits per heavy atom. The summed E-state index contributed by atoms with van der Waals surface area (Å²) < 4.78 is 29.9. The van der Waals surface area contributed by atoms with Crippen LogP contribution in [0.5, 0.6) is 11.5 Å². The van der Waals surface area contributed by atoms with Gasteiger partial charge >= 0.3 is 0 Å². The summed E-state index contributed by atoms with van der Waals surface area (Å²) in [4.78, 5) is 4.33. The first kappa shape index (κ1) is 23.4. The van der Waals surface area contributed by atoms with Crippen molar-refractivity contribution in [2.75, 3.05) is 4.72 Å².